The molecule has 14 heavy (non-hydrogen) atoms. The summed E-state index contributed by atoms with van der Waals surface area (Å²) in [5, 5.41) is 10.4. The Balaban J connectivity index is 3.05. The van der Waals surface area contributed by atoms with Gasteiger partial charge in [0.2, 0.25) is 0 Å². The highest BCUT2D eigenvalue weighted by molar-refractivity contribution is 5.34. The van der Waals surface area contributed by atoms with Gasteiger partial charge in [-0.3, -0.25) is 0 Å². The lowest BCUT2D eigenvalue weighted by Crippen LogP contribution is -2.19. The van der Waals surface area contributed by atoms with Gasteiger partial charge in [-0.1, -0.05) is 12.1 Å². The number of benzene rings is 1. The number of hydrogen-bond donors (Lipinski definition) is 0. The Labute approximate surface area is 76.7 Å². The minimum atomic E-state index is -4.99. The average Bonchev–Trinajstić information content (AvgIpc) is 2.06. The van der Waals surface area contributed by atoms with Gasteiger partial charge in [0.1, 0.15) is 6.61 Å². The summed E-state index contributed by atoms with van der Waals surface area (Å²) in [6.07, 6.45) is -4.99. The summed E-state index contributed by atoms with van der Waals surface area (Å²) in [5.74, 6) is -2.24. The third-order valence-electron chi connectivity index (χ3n) is 1.42. The minimum Gasteiger partial charge on any atom is -0.402 e. The first-order valence-electron chi connectivity index (χ1n) is 3.55. The summed E-state index contributed by atoms with van der Waals surface area (Å²) in [6, 6.07) is 3.02. The molecule has 77 valence electrons. The Hall–Kier alpha value is -1.30. The van der Waals surface area contributed by atoms with Gasteiger partial charge in [-0.15, -0.1) is 13.2 Å². The van der Waals surface area contributed by atoms with Crippen LogP contribution < -0.4 is 4.74 Å². The zero-order valence-electron chi connectivity index (χ0n) is 6.77. The van der Waals surface area contributed by atoms with Crippen molar-refractivity contribution in [2.75, 3.05) is 0 Å². The van der Waals surface area contributed by atoms with Crippen LogP contribution in [0.3, 0.4) is 0 Å². The van der Waals surface area contributed by atoms with E-state index in [1.165, 1.54) is 0 Å². The van der Waals surface area contributed by atoms with Gasteiger partial charge in [0.25, 0.3) is 0 Å². The molecule has 0 heterocycles. The molecule has 1 aromatic carbocycles. The molecule has 1 rings (SSSR count). The summed E-state index contributed by atoms with van der Waals surface area (Å²) in [7, 11) is 0. The number of para-hydroxylation sites is 1. The maximum atomic E-state index is 12.8. The van der Waals surface area contributed by atoms with Gasteiger partial charge >= 0.3 is 6.36 Å². The minimum absolute atomic E-state index is 0.359. The van der Waals surface area contributed by atoms with Gasteiger partial charge in [-0.25, -0.2) is 9.50 Å². The van der Waals surface area contributed by atoms with Gasteiger partial charge in [0, 0.05) is 5.56 Å². The summed E-state index contributed by atoms with van der Waals surface area (Å²) >= 11 is 0. The molecule has 0 amide bonds. The summed E-state index contributed by atoms with van der Waals surface area (Å²) in [4.78, 5) is 0. The second-order valence-corrected chi connectivity index (χ2v) is 2.42. The smallest absolute Gasteiger partial charge is 0.402 e. The third-order valence-corrected chi connectivity index (χ3v) is 1.42. The maximum Gasteiger partial charge on any atom is 0.573 e. The first kappa shape index (κ1) is 10.8. The molecule has 2 nitrogen and oxygen atoms in total. The molecule has 0 bridgehead atoms. The van der Waals surface area contributed by atoms with Gasteiger partial charge in [0.05, 0.1) is 0 Å². The first-order valence-corrected chi connectivity index (χ1v) is 3.55. The van der Waals surface area contributed by atoms with Crippen molar-refractivity contribution in [2.45, 2.75) is 13.0 Å². The maximum absolute atomic E-state index is 12.8. The summed E-state index contributed by atoms with van der Waals surface area (Å²) in [5.41, 5.74) is -0.359. The Bertz CT molecular complexity index is 322. The number of rotatable bonds is 2. The van der Waals surface area contributed by atoms with Crippen LogP contribution in [0.5, 0.6) is 5.75 Å². The average molecular weight is 209 g/mol. The van der Waals surface area contributed by atoms with Crippen LogP contribution in [0.2, 0.25) is 0 Å². The molecule has 1 radical (unpaired) electrons. The largest absolute Gasteiger partial charge is 0.573 e. The number of alkyl halides is 3. The predicted molar refractivity (Wildman–Crippen MR) is 37.5 cm³/mol. The standard InChI is InChI=1S/C8H5F4O2/c9-6-3-1-2-5(4-13)7(6)14-8(10,11)12/h1-3H,4H2. The third kappa shape index (κ3) is 2.59. The van der Waals surface area contributed by atoms with Crippen molar-refractivity contribution in [3.63, 3.8) is 0 Å². The van der Waals surface area contributed by atoms with E-state index in [0.717, 1.165) is 18.2 Å². The van der Waals surface area contributed by atoms with E-state index in [9.17, 15) is 22.7 Å². The molecule has 0 aliphatic heterocycles. The van der Waals surface area contributed by atoms with E-state index in [1.54, 1.807) is 0 Å². The SMILES string of the molecule is [O]Cc1cccc(F)c1OC(F)(F)F. The molecule has 0 unspecified atom stereocenters. The van der Waals surface area contributed by atoms with Crippen LogP contribution in [0, 0.1) is 5.82 Å². The van der Waals surface area contributed by atoms with E-state index in [4.69, 9.17) is 0 Å². The van der Waals surface area contributed by atoms with Gasteiger partial charge in [0.15, 0.2) is 11.6 Å². The lowest BCUT2D eigenvalue weighted by atomic mass is 10.2. The molecule has 1 aromatic rings. The zero-order chi connectivity index (χ0) is 10.8. The zero-order valence-corrected chi connectivity index (χ0v) is 6.77. The molecule has 0 fully saturated rings. The van der Waals surface area contributed by atoms with Crippen LogP contribution >= 0.6 is 0 Å². The molecular weight excluding hydrogens is 204 g/mol. The van der Waals surface area contributed by atoms with Crippen molar-refractivity contribution >= 4 is 0 Å². The van der Waals surface area contributed by atoms with Crippen LogP contribution in [-0.2, 0) is 11.7 Å². The summed E-state index contributed by atoms with van der Waals surface area (Å²) in [6.45, 7) is -0.969. The van der Waals surface area contributed by atoms with Crippen molar-refractivity contribution < 1.29 is 27.4 Å². The van der Waals surface area contributed by atoms with Crippen LogP contribution in [0.25, 0.3) is 0 Å². The van der Waals surface area contributed by atoms with Crippen LogP contribution in [0.4, 0.5) is 17.6 Å². The van der Waals surface area contributed by atoms with Crippen molar-refractivity contribution in [1.29, 1.82) is 0 Å². The summed E-state index contributed by atoms with van der Waals surface area (Å²) < 4.78 is 51.4. The van der Waals surface area contributed by atoms with Crippen molar-refractivity contribution in [3.05, 3.63) is 29.6 Å². The first-order chi connectivity index (χ1) is 6.44. The molecule has 0 saturated heterocycles. The highest BCUT2D eigenvalue weighted by Crippen LogP contribution is 2.29. The van der Waals surface area contributed by atoms with E-state index in [0.29, 0.717) is 0 Å². The molecule has 0 spiro atoms. The van der Waals surface area contributed by atoms with E-state index in [-0.39, 0.29) is 5.56 Å². The van der Waals surface area contributed by atoms with Gasteiger partial charge in [-0.05, 0) is 6.07 Å². The van der Waals surface area contributed by atoms with E-state index < -0.39 is 24.5 Å². The highest BCUT2D eigenvalue weighted by Gasteiger charge is 2.33. The molecule has 0 saturated carbocycles. The van der Waals surface area contributed by atoms with E-state index >= 15 is 0 Å². The molecule has 0 aliphatic carbocycles. The van der Waals surface area contributed by atoms with Crippen molar-refractivity contribution in [3.8, 4) is 5.75 Å². The second-order valence-electron chi connectivity index (χ2n) is 2.42. The fourth-order valence-electron chi connectivity index (χ4n) is 0.897. The van der Waals surface area contributed by atoms with E-state index in [2.05, 4.69) is 4.74 Å². The lowest BCUT2D eigenvalue weighted by Gasteiger charge is -2.11. The van der Waals surface area contributed by atoms with Crippen LogP contribution in [-0.4, -0.2) is 6.36 Å². The Morgan fingerprint density at radius 2 is 1.93 bits per heavy atom. The lowest BCUT2D eigenvalue weighted by molar-refractivity contribution is -0.276. The van der Waals surface area contributed by atoms with Crippen LogP contribution in [0.15, 0.2) is 18.2 Å². The Kier molecular flexibility index (Phi) is 2.95. The number of ether oxygens (including phenoxy) is 1. The second kappa shape index (κ2) is 3.83. The quantitative estimate of drug-likeness (QED) is 0.688. The molecule has 6 heteroatoms. The molecule has 0 atom stereocenters. The fourth-order valence-corrected chi connectivity index (χ4v) is 0.897. The highest BCUT2D eigenvalue weighted by atomic mass is 19.4. The Morgan fingerprint density at radius 1 is 1.29 bits per heavy atom. The number of halogens is 4. The molecule has 0 N–H and O–H groups in total. The van der Waals surface area contributed by atoms with E-state index in [1.807, 2.05) is 0 Å². The molecule has 0 aromatic heterocycles. The van der Waals surface area contributed by atoms with Crippen molar-refractivity contribution in [1.82, 2.24) is 0 Å². The van der Waals surface area contributed by atoms with Crippen LogP contribution in [0.1, 0.15) is 5.56 Å². The number of hydrogen-bond acceptors (Lipinski definition) is 1. The normalized spacial score (nSPS) is 11.5. The molecule has 0 aliphatic rings. The Morgan fingerprint density at radius 3 is 2.43 bits per heavy atom. The van der Waals surface area contributed by atoms with Crippen molar-refractivity contribution in [2.24, 2.45) is 0 Å². The molecular formula is C8H5F4O2. The monoisotopic (exact) mass is 209 g/mol. The van der Waals surface area contributed by atoms with Gasteiger partial charge in [-0.2, -0.15) is 0 Å². The topological polar surface area (TPSA) is 29.1 Å². The van der Waals surface area contributed by atoms with Gasteiger partial charge < -0.3 is 4.74 Å². The predicted octanol–water partition coefficient (Wildman–Crippen LogP) is 2.65. The fraction of sp³-hybridized carbons (Fsp3) is 0.250.